The van der Waals surface area contributed by atoms with E-state index in [1.165, 1.54) is 0 Å². The number of rotatable bonds is 5. The van der Waals surface area contributed by atoms with Gasteiger partial charge in [-0.1, -0.05) is 29.8 Å². The standard InChI is InChI=1S/C18H25ClN4O/c1-12(20)9-10-21-17(24)14-11-23(18(2,3)4)22-16(14)13-7-5-6-8-15(13)19/h5-8,11-12H,9-10,20H2,1-4H3,(H,21,24). The number of nitrogens with one attached hydrogen (secondary N) is 1. The van der Waals surface area contributed by atoms with Crippen LogP contribution in [-0.2, 0) is 5.54 Å². The van der Waals surface area contributed by atoms with E-state index < -0.39 is 0 Å². The molecule has 1 aromatic heterocycles. The van der Waals surface area contributed by atoms with Gasteiger partial charge in [-0.3, -0.25) is 9.48 Å². The lowest BCUT2D eigenvalue weighted by Gasteiger charge is -2.18. The van der Waals surface area contributed by atoms with Crippen molar-refractivity contribution >= 4 is 17.5 Å². The van der Waals surface area contributed by atoms with Crippen molar-refractivity contribution in [3.8, 4) is 11.3 Å². The largest absolute Gasteiger partial charge is 0.352 e. The number of amides is 1. The molecule has 1 unspecified atom stereocenters. The summed E-state index contributed by atoms with van der Waals surface area (Å²) in [5, 5.41) is 8.10. The number of carbonyl (C=O) groups excluding carboxylic acids is 1. The van der Waals surface area contributed by atoms with Crippen molar-refractivity contribution < 1.29 is 4.79 Å². The lowest BCUT2D eigenvalue weighted by Crippen LogP contribution is -2.29. The lowest BCUT2D eigenvalue weighted by atomic mass is 10.1. The SMILES string of the molecule is CC(N)CCNC(=O)c1cn(C(C)(C)C)nc1-c1ccccc1Cl. The van der Waals surface area contributed by atoms with Crippen molar-refractivity contribution in [2.24, 2.45) is 5.73 Å². The fraction of sp³-hybridized carbons (Fsp3) is 0.444. The number of halogens is 1. The second-order valence-electron chi connectivity index (χ2n) is 7.01. The van der Waals surface area contributed by atoms with E-state index >= 15 is 0 Å². The molecule has 0 fully saturated rings. The molecule has 0 radical (unpaired) electrons. The Morgan fingerprint density at radius 3 is 2.62 bits per heavy atom. The summed E-state index contributed by atoms with van der Waals surface area (Å²) in [6.07, 6.45) is 2.50. The van der Waals surface area contributed by atoms with E-state index in [2.05, 4.69) is 10.4 Å². The molecular weight excluding hydrogens is 324 g/mol. The number of hydrogen-bond donors (Lipinski definition) is 2. The quantitative estimate of drug-likeness (QED) is 0.869. The van der Waals surface area contributed by atoms with E-state index in [9.17, 15) is 4.79 Å². The molecule has 0 aliphatic rings. The number of benzene rings is 1. The molecule has 1 heterocycles. The average Bonchev–Trinajstić information content (AvgIpc) is 2.92. The maximum atomic E-state index is 12.6. The van der Waals surface area contributed by atoms with Crippen molar-refractivity contribution in [2.75, 3.05) is 6.54 Å². The maximum absolute atomic E-state index is 12.6. The molecule has 3 N–H and O–H groups in total. The van der Waals surface area contributed by atoms with Crippen molar-refractivity contribution in [1.82, 2.24) is 15.1 Å². The fourth-order valence-electron chi connectivity index (χ4n) is 2.24. The zero-order valence-corrected chi connectivity index (χ0v) is 15.4. The van der Waals surface area contributed by atoms with Gasteiger partial charge in [-0.25, -0.2) is 0 Å². The first-order valence-corrected chi connectivity index (χ1v) is 8.46. The molecule has 5 nitrogen and oxygen atoms in total. The Hall–Kier alpha value is -1.85. The zero-order valence-electron chi connectivity index (χ0n) is 14.6. The van der Waals surface area contributed by atoms with Gasteiger partial charge in [-0.15, -0.1) is 0 Å². The Kier molecular flexibility index (Phi) is 5.67. The lowest BCUT2D eigenvalue weighted by molar-refractivity contribution is 0.0953. The third-order valence-electron chi connectivity index (χ3n) is 3.66. The summed E-state index contributed by atoms with van der Waals surface area (Å²) in [6, 6.07) is 7.45. The van der Waals surface area contributed by atoms with E-state index in [1.54, 1.807) is 16.9 Å². The van der Waals surface area contributed by atoms with Gasteiger partial charge in [0.2, 0.25) is 0 Å². The highest BCUT2D eigenvalue weighted by atomic mass is 35.5. The van der Waals surface area contributed by atoms with Crippen LogP contribution in [0, 0.1) is 0 Å². The molecule has 0 spiro atoms. The first kappa shape index (κ1) is 18.5. The molecule has 0 saturated carbocycles. The van der Waals surface area contributed by atoms with Crippen LogP contribution >= 0.6 is 11.6 Å². The van der Waals surface area contributed by atoms with Gasteiger partial charge in [0.1, 0.15) is 5.69 Å². The summed E-state index contributed by atoms with van der Waals surface area (Å²) in [7, 11) is 0. The van der Waals surface area contributed by atoms with Gasteiger partial charge >= 0.3 is 0 Å². The Balaban J connectivity index is 2.40. The molecule has 1 amide bonds. The predicted octanol–water partition coefficient (Wildman–Crippen LogP) is 3.43. The van der Waals surface area contributed by atoms with E-state index in [4.69, 9.17) is 17.3 Å². The van der Waals surface area contributed by atoms with E-state index in [0.29, 0.717) is 22.8 Å². The minimum Gasteiger partial charge on any atom is -0.352 e. The Morgan fingerprint density at radius 1 is 1.38 bits per heavy atom. The molecule has 24 heavy (non-hydrogen) atoms. The van der Waals surface area contributed by atoms with Crippen LogP contribution in [0.2, 0.25) is 5.02 Å². The van der Waals surface area contributed by atoms with Crippen molar-refractivity contribution in [1.29, 1.82) is 0 Å². The average molecular weight is 349 g/mol. The number of aromatic nitrogens is 2. The summed E-state index contributed by atoms with van der Waals surface area (Å²) < 4.78 is 1.80. The highest BCUT2D eigenvalue weighted by Crippen LogP contribution is 2.30. The van der Waals surface area contributed by atoms with Gasteiger partial charge in [0.15, 0.2) is 0 Å². The summed E-state index contributed by atoms with van der Waals surface area (Å²) in [6.45, 7) is 8.55. The van der Waals surface area contributed by atoms with E-state index in [0.717, 1.165) is 12.0 Å². The van der Waals surface area contributed by atoms with Crippen LogP contribution in [-0.4, -0.2) is 28.3 Å². The molecule has 0 aliphatic carbocycles. The highest BCUT2D eigenvalue weighted by Gasteiger charge is 2.23. The second-order valence-corrected chi connectivity index (χ2v) is 7.42. The summed E-state index contributed by atoms with van der Waals surface area (Å²) >= 11 is 6.31. The second kappa shape index (κ2) is 7.36. The van der Waals surface area contributed by atoms with Crippen LogP contribution in [0.1, 0.15) is 44.5 Å². The smallest absolute Gasteiger partial charge is 0.255 e. The predicted molar refractivity (Wildman–Crippen MR) is 98.3 cm³/mol. The van der Waals surface area contributed by atoms with Gasteiger partial charge in [0, 0.05) is 24.3 Å². The summed E-state index contributed by atoms with van der Waals surface area (Å²) in [5.74, 6) is -0.166. The molecule has 0 saturated heterocycles. The Bertz CT molecular complexity index is 716. The number of nitrogens with two attached hydrogens (primary N) is 1. The number of nitrogens with zero attached hydrogens (tertiary/aromatic N) is 2. The van der Waals surface area contributed by atoms with Crippen LogP contribution in [0.25, 0.3) is 11.3 Å². The number of carbonyl (C=O) groups is 1. The van der Waals surface area contributed by atoms with Crippen molar-refractivity contribution in [3.05, 3.63) is 41.0 Å². The zero-order chi connectivity index (χ0) is 17.9. The fourth-order valence-corrected chi connectivity index (χ4v) is 2.47. The summed E-state index contributed by atoms with van der Waals surface area (Å²) in [5.41, 5.74) is 7.36. The Labute approximate surface area is 148 Å². The van der Waals surface area contributed by atoms with Crippen LogP contribution in [0.5, 0.6) is 0 Å². The number of hydrogen-bond acceptors (Lipinski definition) is 3. The third-order valence-corrected chi connectivity index (χ3v) is 3.99. The van der Waals surface area contributed by atoms with Gasteiger partial charge in [0.25, 0.3) is 5.91 Å². The molecule has 6 heteroatoms. The van der Waals surface area contributed by atoms with Gasteiger partial charge in [-0.05, 0) is 40.2 Å². The van der Waals surface area contributed by atoms with Crippen LogP contribution < -0.4 is 11.1 Å². The maximum Gasteiger partial charge on any atom is 0.255 e. The molecule has 0 bridgehead atoms. The van der Waals surface area contributed by atoms with E-state index in [-0.39, 0.29) is 17.5 Å². The molecule has 2 aromatic rings. The monoisotopic (exact) mass is 348 g/mol. The molecule has 0 aliphatic heterocycles. The van der Waals surface area contributed by atoms with E-state index in [1.807, 2.05) is 45.9 Å². The minimum absolute atomic E-state index is 0.0469. The topological polar surface area (TPSA) is 72.9 Å². The van der Waals surface area contributed by atoms with Crippen LogP contribution in [0.4, 0.5) is 0 Å². The molecule has 2 rings (SSSR count). The van der Waals surface area contributed by atoms with Crippen molar-refractivity contribution in [2.45, 2.75) is 45.7 Å². The van der Waals surface area contributed by atoms with Gasteiger partial charge in [-0.2, -0.15) is 5.10 Å². The normalized spacial score (nSPS) is 12.9. The molecular formula is C18H25ClN4O. The Morgan fingerprint density at radius 2 is 2.04 bits per heavy atom. The third kappa shape index (κ3) is 4.36. The van der Waals surface area contributed by atoms with Crippen LogP contribution in [0.15, 0.2) is 30.5 Å². The molecule has 130 valence electrons. The van der Waals surface area contributed by atoms with Crippen LogP contribution in [0.3, 0.4) is 0 Å². The first-order chi connectivity index (χ1) is 11.2. The summed E-state index contributed by atoms with van der Waals surface area (Å²) in [4.78, 5) is 12.6. The molecule has 1 aromatic carbocycles. The first-order valence-electron chi connectivity index (χ1n) is 8.09. The van der Waals surface area contributed by atoms with Gasteiger partial charge in [0.05, 0.1) is 16.1 Å². The van der Waals surface area contributed by atoms with Crippen molar-refractivity contribution in [3.63, 3.8) is 0 Å². The minimum atomic E-state index is -0.236. The molecule has 1 atom stereocenters. The van der Waals surface area contributed by atoms with Gasteiger partial charge < -0.3 is 11.1 Å². The highest BCUT2D eigenvalue weighted by molar-refractivity contribution is 6.33.